The fourth-order valence-corrected chi connectivity index (χ4v) is 7.24. The standard InChI is InChI=1S/C19H32N2O/c1-18-9-7-13(22)11-12(18)3-4-14-15-5-6-17(21-20)19(15,2)10-8-16(14)18/h12-16,22H,3-11,20H2,1-2H3/t12?,13?,14?,15?,16?,18-,19-/m0/s1. The molecule has 22 heavy (non-hydrogen) atoms. The normalized spacial score (nSPS) is 56.3. The average molecular weight is 304 g/mol. The first-order valence-electron chi connectivity index (χ1n) is 9.44. The summed E-state index contributed by atoms with van der Waals surface area (Å²) in [4.78, 5) is 0. The summed E-state index contributed by atoms with van der Waals surface area (Å²) in [5, 5.41) is 14.3. The first-order chi connectivity index (χ1) is 10.5. The van der Waals surface area contributed by atoms with Gasteiger partial charge in [-0.3, -0.25) is 0 Å². The minimum Gasteiger partial charge on any atom is -0.393 e. The summed E-state index contributed by atoms with van der Waals surface area (Å²) in [5.74, 6) is 9.00. The third kappa shape index (κ3) is 1.87. The lowest BCUT2D eigenvalue weighted by atomic mass is 9.45. The van der Waals surface area contributed by atoms with E-state index in [1.807, 2.05) is 0 Å². The largest absolute Gasteiger partial charge is 0.393 e. The molecule has 0 aromatic heterocycles. The molecule has 4 rings (SSSR count). The van der Waals surface area contributed by atoms with E-state index in [4.69, 9.17) is 5.84 Å². The van der Waals surface area contributed by atoms with Gasteiger partial charge < -0.3 is 10.9 Å². The Hall–Kier alpha value is -0.570. The summed E-state index contributed by atoms with van der Waals surface area (Å²) in [7, 11) is 0. The van der Waals surface area contributed by atoms with Crippen molar-refractivity contribution >= 4 is 5.71 Å². The Labute approximate surface area is 134 Å². The molecule has 0 aromatic rings. The van der Waals surface area contributed by atoms with Crippen molar-refractivity contribution in [2.75, 3.05) is 0 Å². The maximum atomic E-state index is 10.1. The Bertz CT molecular complexity index is 490. The number of nitrogens with zero attached hydrogens (tertiary/aromatic N) is 1. The van der Waals surface area contributed by atoms with Crippen LogP contribution in [0.1, 0.15) is 71.6 Å². The number of fused-ring (bicyclic) bond motifs is 5. The molecule has 0 saturated heterocycles. The van der Waals surface area contributed by atoms with Crippen LogP contribution >= 0.6 is 0 Å². The molecule has 0 spiro atoms. The second kappa shape index (κ2) is 4.96. The first-order valence-corrected chi connectivity index (χ1v) is 9.44. The van der Waals surface area contributed by atoms with Gasteiger partial charge in [-0.1, -0.05) is 13.8 Å². The molecule has 4 aliphatic rings. The van der Waals surface area contributed by atoms with Crippen LogP contribution in [0.4, 0.5) is 0 Å². The zero-order chi connectivity index (χ0) is 15.5. The number of nitrogens with two attached hydrogens (primary N) is 1. The highest BCUT2D eigenvalue weighted by Crippen LogP contribution is 2.65. The van der Waals surface area contributed by atoms with Crippen molar-refractivity contribution < 1.29 is 5.11 Å². The Kier molecular flexibility index (Phi) is 3.38. The fourth-order valence-electron chi connectivity index (χ4n) is 7.24. The number of hydrazone groups is 1. The number of rotatable bonds is 0. The monoisotopic (exact) mass is 304 g/mol. The molecule has 3 nitrogen and oxygen atoms in total. The van der Waals surface area contributed by atoms with Crippen LogP contribution in [0.15, 0.2) is 5.10 Å². The Morgan fingerprint density at radius 3 is 2.64 bits per heavy atom. The predicted octanol–water partition coefficient (Wildman–Crippen LogP) is 3.70. The maximum Gasteiger partial charge on any atom is 0.0543 e. The molecule has 0 aliphatic heterocycles. The van der Waals surface area contributed by atoms with E-state index in [1.165, 1.54) is 44.2 Å². The van der Waals surface area contributed by atoms with Gasteiger partial charge in [-0.25, -0.2) is 0 Å². The zero-order valence-electron chi connectivity index (χ0n) is 14.2. The molecule has 124 valence electrons. The second-order valence-corrected chi connectivity index (χ2v) is 9.16. The van der Waals surface area contributed by atoms with Gasteiger partial charge in [0.25, 0.3) is 0 Å². The Balaban J connectivity index is 1.63. The van der Waals surface area contributed by atoms with Crippen molar-refractivity contribution in [3.8, 4) is 0 Å². The van der Waals surface area contributed by atoms with Gasteiger partial charge in [0, 0.05) is 11.1 Å². The predicted molar refractivity (Wildman–Crippen MR) is 89.4 cm³/mol. The van der Waals surface area contributed by atoms with Gasteiger partial charge in [0.2, 0.25) is 0 Å². The quantitative estimate of drug-likeness (QED) is 0.529. The number of hydrogen-bond donors (Lipinski definition) is 2. The van der Waals surface area contributed by atoms with Crippen LogP contribution in [0.2, 0.25) is 0 Å². The summed E-state index contributed by atoms with van der Waals surface area (Å²) in [6.45, 7) is 4.99. The number of hydrogen-bond acceptors (Lipinski definition) is 3. The highest BCUT2D eigenvalue weighted by molar-refractivity contribution is 5.92. The summed E-state index contributed by atoms with van der Waals surface area (Å²) in [6, 6.07) is 0. The van der Waals surface area contributed by atoms with Crippen molar-refractivity contribution in [3.63, 3.8) is 0 Å². The van der Waals surface area contributed by atoms with Crippen LogP contribution < -0.4 is 5.84 Å². The van der Waals surface area contributed by atoms with Gasteiger partial charge in [0.05, 0.1) is 6.10 Å². The smallest absolute Gasteiger partial charge is 0.0543 e. The van der Waals surface area contributed by atoms with Gasteiger partial charge in [0.1, 0.15) is 0 Å². The molecule has 7 atom stereocenters. The molecule has 4 aliphatic carbocycles. The molecule has 3 heteroatoms. The maximum absolute atomic E-state index is 10.1. The average Bonchev–Trinajstić information content (AvgIpc) is 2.84. The van der Waals surface area contributed by atoms with Crippen molar-refractivity contribution in [2.45, 2.75) is 77.7 Å². The lowest BCUT2D eigenvalue weighted by Crippen LogP contribution is -2.54. The third-order valence-electron chi connectivity index (χ3n) is 8.53. The van der Waals surface area contributed by atoms with Gasteiger partial charge in [-0.15, -0.1) is 0 Å². The van der Waals surface area contributed by atoms with E-state index >= 15 is 0 Å². The van der Waals surface area contributed by atoms with Crippen LogP contribution in [0.5, 0.6) is 0 Å². The van der Waals surface area contributed by atoms with Crippen molar-refractivity contribution in [2.24, 2.45) is 45.4 Å². The van der Waals surface area contributed by atoms with Crippen LogP contribution in [-0.2, 0) is 0 Å². The summed E-state index contributed by atoms with van der Waals surface area (Å²) in [6.07, 6.45) is 11.0. The molecule has 0 amide bonds. The summed E-state index contributed by atoms with van der Waals surface area (Å²) < 4.78 is 0. The molecular formula is C19H32N2O. The molecule has 0 bridgehead atoms. The van der Waals surface area contributed by atoms with Crippen LogP contribution in [0.3, 0.4) is 0 Å². The van der Waals surface area contributed by atoms with E-state index in [0.717, 1.165) is 42.9 Å². The molecule has 5 unspecified atom stereocenters. The van der Waals surface area contributed by atoms with E-state index in [9.17, 15) is 5.11 Å². The molecule has 3 N–H and O–H groups in total. The fraction of sp³-hybridized carbons (Fsp3) is 0.947. The SMILES string of the molecule is C[C@]12CCC(O)CC1CCC1C2CC[C@]2(C)C(=NN)CCC12. The molecule has 0 heterocycles. The molecule has 0 radical (unpaired) electrons. The Morgan fingerprint density at radius 1 is 1.05 bits per heavy atom. The lowest BCUT2D eigenvalue weighted by molar-refractivity contribution is -0.113. The van der Waals surface area contributed by atoms with Crippen molar-refractivity contribution in [1.29, 1.82) is 0 Å². The topological polar surface area (TPSA) is 58.6 Å². The van der Waals surface area contributed by atoms with Crippen molar-refractivity contribution in [3.05, 3.63) is 0 Å². The second-order valence-electron chi connectivity index (χ2n) is 9.16. The van der Waals surface area contributed by atoms with E-state index in [-0.39, 0.29) is 11.5 Å². The summed E-state index contributed by atoms with van der Waals surface area (Å²) in [5.41, 5.74) is 2.06. The van der Waals surface area contributed by atoms with E-state index < -0.39 is 0 Å². The van der Waals surface area contributed by atoms with E-state index in [1.54, 1.807) is 0 Å². The number of aliphatic hydroxyl groups is 1. The highest BCUT2D eigenvalue weighted by atomic mass is 16.3. The van der Waals surface area contributed by atoms with E-state index in [2.05, 4.69) is 18.9 Å². The molecular weight excluding hydrogens is 272 g/mol. The molecule has 0 aromatic carbocycles. The van der Waals surface area contributed by atoms with Crippen LogP contribution in [0.25, 0.3) is 0 Å². The van der Waals surface area contributed by atoms with Crippen LogP contribution in [-0.4, -0.2) is 16.9 Å². The lowest BCUT2D eigenvalue weighted by Gasteiger charge is -2.60. The van der Waals surface area contributed by atoms with Gasteiger partial charge in [0.15, 0.2) is 0 Å². The van der Waals surface area contributed by atoms with Crippen molar-refractivity contribution in [1.82, 2.24) is 0 Å². The minimum atomic E-state index is -0.0362. The zero-order valence-corrected chi connectivity index (χ0v) is 14.2. The van der Waals surface area contributed by atoms with E-state index in [0.29, 0.717) is 5.41 Å². The van der Waals surface area contributed by atoms with Gasteiger partial charge in [-0.2, -0.15) is 5.10 Å². The third-order valence-corrected chi connectivity index (χ3v) is 8.53. The van der Waals surface area contributed by atoms with Gasteiger partial charge >= 0.3 is 0 Å². The highest BCUT2D eigenvalue weighted by Gasteiger charge is 2.59. The van der Waals surface area contributed by atoms with Crippen LogP contribution in [0, 0.1) is 34.5 Å². The molecule has 4 fully saturated rings. The Morgan fingerprint density at radius 2 is 1.86 bits per heavy atom. The summed E-state index contributed by atoms with van der Waals surface area (Å²) >= 11 is 0. The van der Waals surface area contributed by atoms with Gasteiger partial charge in [-0.05, 0) is 86.9 Å². The minimum absolute atomic E-state index is 0.0362. The number of aliphatic hydroxyl groups excluding tert-OH is 1. The first kappa shape index (κ1) is 15.0. The molecule has 4 saturated carbocycles.